The lowest BCUT2D eigenvalue weighted by atomic mass is 9.99. The Morgan fingerprint density at radius 3 is 2.54 bits per heavy atom. The van der Waals surface area contributed by atoms with Crippen LogP contribution in [0.15, 0.2) is 49.1 Å². The summed E-state index contributed by atoms with van der Waals surface area (Å²) in [5.74, 6) is 0. The van der Waals surface area contributed by atoms with Crippen molar-refractivity contribution in [2.45, 2.75) is 13.3 Å². The highest BCUT2D eigenvalue weighted by Crippen LogP contribution is 2.16. The molecule has 1 heteroatoms. The molecule has 0 atom stereocenters. The maximum absolute atomic E-state index is 3.98. The molecule has 1 heterocycles. The van der Waals surface area contributed by atoms with Crippen molar-refractivity contribution < 1.29 is 0 Å². The molecule has 0 aromatic rings. The van der Waals surface area contributed by atoms with Crippen LogP contribution in [0.1, 0.15) is 13.3 Å². The molecule has 0 amide bonds. The Hall–Kier alpha value is -1.08. The van der Waals surface area contributed by atoms with E-state index in [1.54, 1.807) is 0 Å². The molecule has 0 radical (unpaired) electrons. The van der Waals surface area contributed by atoms with E-state index in [1.165, 1.54) is 11.1 Å². The van der Waals surface area contributed by atoms with Crippen LogP contribution in [0, 0.1) is 0 Å². The lowest BCUT2D eigenvalue weighted by Crippen LogP contribution is -2.25. The van der Waals surface area contributed by atoms with Gasteiger partial charge in [0.05, 0.1) is 0 Å². The lowest BCUT2D eigenvalue weighted by Gasteiger charge is -2.18. The van der Waals surface area contributed by atoms with Crippen molar-refractivity contribution in [2.75, 3.05) is 13.1 Å². The minimum Gasteiger partial charge on any atom is -0.312 e. The van der Waals surface area contributed by atoms with Crippen molar-refractivity contribution in [2.24, 2.45) is 0 Å². The molecule has 1 N–H and O–H groups in total. The highest BCUT2D eigenvalue weighted by atomic mass is 14.9. The number of rotatable bonds is 1. The second kappa shape index (κ2) is 6.44. The Labute approximate surface area is 81.5 Å². The van der Waals surface area contributed by atoms with Gasteiger partial charge in [-0.05, 0) is 31.0 Å². The fourth-order valence-electron chi connectivity index (χ4n) is 1.22. The molecule has 1 nitrogen and oxygen atoms in total. The average molecular weight is 177 g/mol. The van der Waals surface area contributed by atoms with E-state index in [9.17, 15) is 0 Å². The van der Waals surface area contributed by atoms with Gasteiger partial charge in [-0.2, -0.15) is 0 Å². The minimum atomic E-state index is 0.930. The Balaban J connectivity index is 0.000000671. The highest BCUT2D eigenvalue weighted by molar-refractivity contribution is 5.36. The first-order valence-electron chi connectivity index (χ1n) is 4.45. The van der Waals surface area contributed by atoms with E-state index in [0.29, 0.717) is 0 Å². The van der Waals surface area contributed by atoms with Gasteiger partial charge in [0.25, 0.3) is 0 Å². The van der Waals surface area contributed by atoms with Gasteiger partial charge < -0.3 is 5.32 Å². The van der Waals surface area contributed by atoms with E-state index in [2.05, 4.69) is 37.7 Å². The highest BCUT2D eigenvalue weighted by Gasteiger charge is 2.07. The van der Waals surface area contributed by atoms with Gasteiger partial charge in [-0.3, -0.25) is 0 Å². The second-order valence-electron chi connectivity index (χ2n) is 3.05. The van der Waals surface area contributed by atoms with Crippen LogP contribution in [-0.2, 0) is 0 Å². The van der Waals surface area contributed by atoms with Crippen molar-refractivity contribution in [3.8, 4) is 0 Å². The third-order valence-electron chi connectivity index (χ3n) is 1.78. The van der Waals surface area contributed by atoms with Crippen molar-refractivity contribution >= 4 is 0 Å². The SMILES string of the molecule is C=C.C=C(C)/C=C1/CCNCC1=C. The molecule has 13 heavy (non-hydrogen) atoms. The summed E-state index contributed by atoms with van der Waals surface area (Å²) in [5, 5.41) is 3.27. The third-order valence-corrected chi connectivity index (χ3v) is 1.78. The van der Waals surface area contributed by atoms with Gasteiger partial charge in [-0.1, -0.05) is 24.8 Å². The van der Waals surface area contributed by atoms with E-state index in [-0.39, 0.29) is 0 Å². The molecule has 0 aliphatic carbocycles. The van der Waals surface area contributed by atoms with Gasteiger partial charge >= 0.3 is 0 Å². The molecular weight excluding hydrogens is 158 g/mol. The molecule has 1 aliphatic heterocycles. The molecule has 1 rings (SSSR count). The predicted octanol–water partition coefficient (Wildman–Crippen LogP) is 2.84. The van der Waals surface area contributed by atoms with Gasteiger partial charge in [0.15, 0.2) is 0 Å². The molecular formula is C12H19N. The smallest absolute Gasteiger partial charge is 0.0202 e. The molecule has 0 spiro atoms. The quantitative estimate of drug-likeness (QED) is 0.607. The van der Waals surface area contributed by atoms with Gasteiger partial charge in [0.1, 0.15) is 0 Å². The zero-order valence-electron chi connectivity index (χ0n) is 8.53. The zero-order chi connectivity index (χ0) is 10.3. The fraction of sp³-hybridized carbons (Fsp3) is 0.333. The van der Waals surface area contributed by atoms with Gasteiger partial charge in [-0.25, -0.2) is 0 Å². The van der Waals surface area contributed by atoms with E-state index in [1.807, 2.05) is 6.92 Å². The van der Waals surface area contributed by atoms with Gasteiger partial charge in [0, 0.05) is 6.54 Å². The van der Waals surface area contributed by atoms with Gasteiger partial charge in [-0.15, -0.1) is 13.2 Å². The first-order valence-corrected chi connectivity index (χ1v) is 4.45. The molecule has 0 unspecified atom stereocenters. The number of hydrogen-bond acceptors (Lipinski definition) is 1. The van der Waals surface area contributed by atoms with Crippen molar-refractivity contribution in [3.05, 3.63) is 49.1 Å². The Morgan fingerprint density at radius 2 is 2.08 bits per heavy atom. The molecule has 72 valence electrons. The Morgan fingerprint density at radius 1 is 1.46 bits per heavy atom. The van der Waals surface area contributed by atoms with Crippen LogP contribution >= 0.6 is 0 Å². The monoisotopic (exact) mass is 177 g/mol. The number of piperidine rings is 1. The summed E-state index contributed by atoms with van der Waals surface area (Å²) in [4.78, 5) is 0. The summed E-state index contributed by atoms with van der Waals surface area (Å²) in [6, 6.07) is 0. The summed E-state index contributed by atoms with van der Waals surface area (Å²) < 4.78 is 0. The summed E-state index contributed by atoms with van der Waals surface area (Å²) in [7, 11) is 0. The van der Waals surface area contributed by atoms with Gasteiger partial charge in [0.2, 0.25) is 0 Å². The lowest BCUT2D eigenvalue weighted by molar-refractivity contribution is 0.684. The van der Waals surface area contributed by atoms with Crippen LogP contribution in [0.4, 0.5) is 0 Å². The molecule has 1 saturated heterocycles. The maximum atomic E-state index is 3.98. The molecule has 0 aromatic heterocycles. The predicted molar refractivity (Wildman–Crippen MR) is 60.8 cm³/mol. The molecule has 0 aromatic carbocycles. The number of nitrogens with one attached hydrogen (secondary N) is 1. The van der Waals surface area contributed by atoms with Crippen molar-refractivity contribution in [1.82, 2.24) is 5.32 Å². The number of hydrogen-bond donors (Lipinski definition) is 1. The summed E-state index contributed by atoms with van der Waals surface area (Å²) >= 11 is 0. The van der Waals surface area contributed by atoms with E-state index in [0.717, 1.165) is 25.1 Å². The Bertz CT molecular complexity index is 223. The molecule has 1 fully saturated rings. The van der Waals surface area contributed by atoms with E-state index in [4.69, 9.17) is 0 Å². The Kier molecular flexibility index (Phi) is 5.90. The first kappa shape index (κ1) is 11.9. The largest absolute Gasteiger partial charge is 0.312 e. The van der Waals surface area contributed by atoms with Crippen LogP contribution in [0.3, 0.4) is 0 Å². The molecule has 1 aliphatic rings. The summed E-state index contributed by atoms with van der Waals surface area (Å²) in [6.07, 6.45) is 3.22. The molecule has 0 saturated carbocycles. The minimum absolute atomic E-state index is 0.930. The zero-order valence-corrected chi connectivity index (χ0v) is 8.53. The van der Waals surface area contributed by atoms with Crippen molar-refractivity contribution in [3.63, 3.8) is 0 Å². The molecule has 0 bridgehead atoms. The van der Waals surface area contributed by atoms with E-state index >= 15 is 0 Å². The summed E-state index contributed by atoms with van der Waals surface area (Å²) in [5.41, 5.74) is 3.68. The average Bonchev–Trinajstić information content (AvgIpc) is 2.12. The maximum Gasteiger partial charge on any atom is 0.0202 e. The normalized spacial score (nSPS) is 19.2. The van der Waals surface area contributed by atoms with Crippen LogP contribution < -0.4 is 5.32 Å². The topological polar surface area (TPSA) is 12.0 Å². The van der Waals surface area contributed by atoms with Crippen LogP contribution in [0.5, 0.6) is 0 Å². The van der Waals surface area contributed by atoms with Crippen LogP contribution in [-0.4, -0.2) is 13.1 Å². The van der Waals surface area contributed by atoms with Crippen molar-refractivity contribution in [1.29, 1.82) is 0 Å². The van der Waals surface area contributed by atoms with E-state index < -0.39 is 0 Å². The fourth-order valence-corrected chi connectivity index (χ4v) is 1.22. The second-order valence-corrected chi connectivity index (χ2v) is 3.05. The summed E-state index contributed by atoms with van der Waals surface area (Å²) in [6.45, 7) is 17.8. The third kappa shape index (κ3) is 4.48. The standard InChI is InChI=1S/C10H15N.C2H4/c1-8(2)6-10-4-5-11-7-9(10)3;1-2/h6,11H,1,3-5,7H2,2H3;1-2H2/b10-6-;. The number of allylic oxidation sites excluding steroid dienone is 2. The van der Waals surface area contributed by atoms with Crippen LogP contribution in [0.25, 0.3) is 0 Å². The first-order chi connectivity index (χ1) is 6.20. The van der Waals surface area contributed by atoms with Crippen LogP contribution in [0.2, 0.25) is 0 Å².